The smallest absolute Gasteiger partial charge is 0.334 e. The zero-order valence-corrected chi connectivity index (χ0v) is 16.7. The van der Waals surface area contributed by atoms with Crippen LogP contribution in [0.3, 0.4) is 0 Å². The van der Waals surface area contributed by atoms with Gasteiger partial charge in [-0.05, 0) is 34.6 Å². The van der Waals surface area contributed by atoms with Crippen LogP contribution in [0.1, 0.15) is 34.6 Å². The summed E-state index contributed by atoms with van der Waals surface area (Å²) in [4.78, 5) is 24.5. The molecule has 27 heavy (non-hydrogen) atoms. The molecule has 1 unspecified atom stereocenters. The second-order valence-corrected chi connectivity index (χ2v) is 6.95. The average molecular weight is 382 g/mol. The van der Waals surface area contributed by atoms with Crippen LogP contribution in [0.4, 0.5) is 0 Å². The molecule has 1 rings (SSSR count). The highest BCUT2D eigenvalue weighted by molar-refractivity contribution is 5.90. The van der Waals surface area contributed by atoms with Crippen LogP contribution >= 0.6 is 0 Å². The molecule has 0 aromatic rings. The Kier molecular flexibility index (Phi) is 7.95. The van der Waals surface area contributed by atoms with Crippen LogP contribution in [0.2, 0.25) is 0 Å². The van der Waals surface area contributed by atoms with E-state index < -0.39 is 47.7 Å². The summed E-state index contributed by atoms with van der Waals surface area (Å²) in [7, 11) is 1.20. The van der Waals surface area contributed by atoms with Crippen molar-refractivity contribution in [3.63, 3.8) is 0 Å². The molecule has 0 heterocycles. The minimum atomic E-state index is -1.77. The van der Waals surface area contributed by atoms with Gasteiger partial charge in [0.15, 0.2) is 6.10 Å². The Morgan fingerprint density at radius 3 is 2.26 bits per heavy atom. The van der Waals surface area contributed by atoms with Crippen molar-refractivity contribution in [3.05, 3.63) is 35.5 Å². The van der Waals surface area contributed by atoms with Crippen molar-refractivity contribution in [2.24, 2.45) is 11.8 Å². The van der Waals surface area contributed by atoms with Gasteiger partial charge in [-0.15, -0.1) is 0 Å². The Hall–Kier alpha value is -1.96. The number of ether oxygens (including phenoxy) is 2. The Balaban J connectivity index is 3.31. The molecule has 0 aromatic carbocycles. The standard InChI is InChI=1S/C20H30O7/c1-7-9-10-11(3)18(23)27-17-16(22)14(13(8-2)19(24)26-6)15(12(4)21)20(17,5)25/h7-10,12,14-17,21-22,25H,1-6H3/b9-7-,11-10+,13-8+/t12?,14-,15+,16+,17+,20-/m1/s1. The summed E-state index contributed by atoms with van der Waals surface area (Å²) in [6.45, 7) is 7.76. The average Bonchev–Trinajstić information content (AvgIpc) is 2.80. The lowest BCUT2D eigenvalue weighted by molar-refractivity contribution is -0.169. The van der Waals surface area contributed by atoms with E-state index in [0.717, 1.165) is 0 Å². The van der Waals surface area contributed by atoms with E-state index in [0.29, 0.717) is 0 Å². The first-order chi connectivity index (χ1) is 12.5. The van der Waals surface area contributed by atoms with E-state index in [1.54, 1.807) is 39.0 Å². The maximum Gasteiger partial charge on any atom is 0.334 e. The molecule has 3 N–H and O–H groups in total. The van der Waals surface area contributed by atoms with E-state index in [2.05, 4.69) is 0 Å². The SMILES string of the molecule is C/C=C\C=C(/C)C(=O)O[C@H]1[C@@H](O)[C@H](/C(=C\C)C(=O)OC)[C@H](C(C)O)[C@@]1(C)O. The predicted molar refractivity (Wildman–Crippen MR) is 99.5 cm³/mol. The number of allylic oxidation sites excluding steroid dienone is 4. The van der Waals surface area contributed by atoms with Gasteiger partial charge < -0.3 is 24.8 Å². The summed E-state index contributed by atoms with van der Waals surface area (Å²) in [6, 6.07) is 0. The topological polar surface area (TPSA) is 113 Å². The minimum absolute atomic E-state index is 0.107. The van der Waals surface area contributed by atoms with Gasteiger partial charge in [0, 0.05) is 23.0 Å². The van der Waals surface area contributed by atoms with Crippen LogP contribution in [0.5, 0.6) is 0 Å². The lowest BCUT2D eigenvalue weighted by atomic mass is 9.79. The highest BCUT2D eigenvalue weighted by Crippen LogP contribution is 2.47. The summed E-state index contributed by atoms with van der Waals surface area (Å²) >= 11 is 0. The van der Waals surface area contributed by atoms with E-state index in [9.17, 15) is 24.9 Å². The Bertz CT molecular complexity index is 643. The van der Waals surface area contributed by atoms with Gasteiger partial charge >= 0.3 is 11.9 Å². The zero-order chi connectivity index (χ0) is 20.9. The third kappa shape index (κ3) is 4.66. The molecule has 152 valence electrons. The summed E-state index contributed by atoms with van der Waals surface area (Å²) in [5, 5.41) is 32.1. The predicted octanol–water partition coefficient (Wildman–Crippen LogP) is 1.28. The fourth-order valence-electron chi connectivity index (χ4n) is 3.74. The number of hydrogen-bond acceptors (Lipinski definition) is 7. The molecular formula is C20H30O7. The molecule has 0 bridgehead atoms. The van der Waals surface area contributed by atoms with Gasteiger partial charge in [-0.25, -0.2) is 9.59 Å². The molecule has 7 nitrogen and oxygen atoms in total. The zero-order valence-electron chi connectivity index (χ0n) is 16.7. The van der Waals surface area contributed by atoms with Crippen molar-refractivity contribution in [1.82, 2.24) is 0 Å². The van der Waals surface area contributed by atoms with Crippen LogP contribution in [-0.2, 0) is 19.1 Å². The van der Waals surface area contributed by atoms with E-state index in [1.807, 2.05) is 0 Å². The quantitative estimate of drug-likeness (QED) is 0.360. The monoisotopic (exact) mass is 382 g/mol. The van der Waals surface area contributed by atoms with E-state index in [-0.39, 0.29) is 11.1 Å². The molecular weight excluding hydrogens is 352 g/mol. The minimum Gasteiger partial charge on any atom is -0.466 e. The second-order valence-electron chi connectivity index (χ2n) is 6.95. The van der Waals surface area contributed by atoms with Gasteiger partial charge in [-0.3, -0.25) is 0 Å². The van der Waals surface area contributed by atoms with Gasteiger partial charge in [-0.1, -0.05) is 24.3 Å². The lowest BCUT2D eigenvalue weighted by Gasteiger charge is -2.33. The number of esters is 2. The van der Waals surface area contributed by atoms with Gasteiger partial charge in [0.2, 0.25) is 0 Å². The lowest BCUT2D eigenvalue weighted by Crippen LogP contribution is -2.48. The van der Waals surface area contributed by atoms with Crippen LogP contribution in [0, 0.1) is 11.8 Å². The van der Waals surface area contributed by atoms with Gasteiger partial charge in [0.05, 0.1) is 13.2 Å². The maximum atomic E-state index is 12.3. The van der Waals surface area contributed by atoms with Gasteiger partial charge in [0.1, 0.15) is 11.7 Å². The first-order valence-electron chi connectivity index (χ1n) is 8.88. The molecule has 1 aliphatic carbocycles. The number of methoxy groups -OCH3 is 1. The molecule has 6 atom stereocenters. The normalized spacial score (nSPS) is 33.2. The highest BCUT2D eigenvalue weighted by atomic mass is 16.6. The van der Waals surface area contributed by atoms with Gasteiger partial charge in [-0.2, -0.15) is 0 Å². The Morgan fingerprint density at radius 1 is 1.22 bits per heavy atom. The maximum absolute atomic E-state index is 12.3. The number of carbonyl (C=O) groups excluding carboxylic acids is 2. The van der Waals surface area contributed by atoms with Gasteiger partial charge in [0.25, 0.3) is 0 Å². The molecule has 0 saturated heterocycles. The first-order valence-corrected chi connectivity index (χ1v) is 8.88. The van der Waals surface area contributed by atoms with Crippen LogP contribution in [0.15, 0.2) is 35.5 Å². The molecule has 0 radical (unpaired) electrons. The van der Waals surface area contributed by atoms with Crippen LogP contribution < -0.4 is 0 Å². The van der Waals surface area contributed by atoms with Crippen LogP contribution in [-0.4, -0.2) is 58.3 Å². The van der Waals surface area contributed by atoms with Crippen molar-refractivity contribution in [3.8, 4) is 0 Å². The van der Waals surface area contributed by atoms with Crippen LogP contribution in [0.25, 0.3) is 0 Å². The molecule has 0 amide bonds. The molecule has 7 heteroatoms. The highest BCUT2D eigenvalue weighted by Gasteiger charge is 2.62. The number of rotatable bonds is 6. The van der Waals surface area contributed by atoms with E-state index >= 15 is 0 Å². The molecule has 0 spiro atoms. The fraction of sp³-hybridized carbons (Fsp3) is 0.600. The Labute approximate surface area is 160 Å². The van der Waals surface area contributed by atoms with Crippen molar-refractivity contribution in [1.29, 1.82) is 0 Å². The summed E-state index contributed by atoms with van der Waals surface area (Å²) in [6.07, 6.45) is 2.61. The van der Waals surface area contributed by atoms with Crippen molar-refractivity contribution in [2.75, 3.05) is 7.11 Å². The van der Waals surface area contributed by atoms with E-state index in [1.165, 1.54) is 27.0 Å². The third-order valence-corrected chi connectivity index (χ3v) is 5.02. The van der Waals surface area contributed by atoms with E-state index in [4.69, 9.17) is 9.47 Å². The molecule has 0 aromatic heterocycles. The number of aliphatic hydroxyl groups is 3. The molecule has 1 fully saturated rings. The van der Waals surface area contributed by atoms with Crippen molar-refractivity contribution >= 4 is 11.9 Å². The Morgan fingerprint density at radius 2 is 1.81 bits per heavy atom. The number of hydrogen-bond donors (Lipinski definition) is 3. The first kappa shape index (κ1) is 23.1. The molecule has 1 aliphatic rings. The summed E-state index contributed by atoms with van der Waals surface area (Å²) in [5.74, 6) is -3.30. The largest absolute Gasteiger partial charge is 0.466 e. The fourth-order valence-corrected chi connectivity index (χ4v) is 3.74. The second kappa shape index (κ2) is 9.30. The van der Waals surface area contributed by atoms with Crippen molar-refractivity contribution < 1.29 is 34.4 Å². The summed E-state index contributed by atoms with van der Waals surface area (Å²) < 4.78 is 10.1. The molecule has 1 saturated carbocycles. The third-order valence-electron chi connectivity index (χ3n) is 5.02. The summed E-state index contributed by atoms with van der Waals surface area (Å²) in [5.41, 5.74) is -1.37. The number of carbonyl (C=O) groups is 2. The van der Waals surface area contributed by atoms with Crippen molar-refractivity contribution in [2.45, 2.75) is 58.5 Å². The number of aliphatic hydroxyl groups excluding tert-OH is 2. The molecule has 0 aliphatic heterocycles.